The summed E-state index contributed by atoms with van der Waals surface area (Å²) in [7, 11) is 0. The molecule has 2 aromatic carbocycles. The molecule has 1 fully saturated rings. The fourth-order valence-electron chi connectivity index (χ4n) is 4.07. The highest BCUT2D eigenvalue weighted by Crippen LogP contribution is 2.19. The average molecular weight is 419 g/mol. The lowest BCUT2D eigenvalue weighted by atomic mass is 9.99. The molecule has 1 aliphatic rings. The Bertz CT molecular complexity index is 1080. The Morgan fingerprint density at radius 2 is 1.87 bits per heavy atom. The minimum atomic E-state index is -0.135. The van der Waals surface area contributed by atoms with Gasteiger partial charge in [-0.2, -0.15) is 0 Å². The number of nitrogens with one attached hydrogen (secondary N) is 2. The number of H-pyrrole nitrogens is 1. The van der Waals surface area contributed by atoms with E-state index in [4.69, 9.17) is 0 Å². The van der Waals surface area contributed by atoms with E-state index in [-0.39, 0.29) is 11.5 Å². The quantitative estimate of drug-likeness (QED) is 0.605. The van der Waals surface area contributed by atoms with Crippen LogP contribution in [0.4, 0.5) is 5.69 Å². The van der Waals surface area contributed by atoms with Crippen LogP contribution in [0.3, 0.4) is 0 Å². The maximum Gasteiger partial charge on any atom is 0.258 e. The first-order chi connectivity index (χ1) is 15.1. The number of aromatic amines is 1. The highest BCUT2D eigenvalue weighted by Gasteiger charge is 2.15. The number of fused-ring (bicyclic) bond motifs is 1. The summed E-state index contributed by atoms with van der Waals surface area (Å²) in [5.41, 5.74) is 2.64. The number of anilines is 1. The van der Waals surface area contributed by atoms with Crippen LogP contribution in [0.15, 0.2) is 53.3 Å². The molecular weight excluding hydrogens is 388 g/mol. The fraction of sp³-hybridized carbons (Fsp3) is 0.400. The monoisotopic (exact) mass is 418 g/mol. The minimum Gasteiger partial charge on any atom is -0.326 e. The summed E-state index contributed by atoms with van der Waals surface area (Å²) in [6.45, 7) is 5.62. The predicted octanol–water partition coefficient (Wildman–Crippen LogP) is 4.12. The van der Waals surface area contributed by atoms with Crippen molar-refractivity contribution in [2.45, 2.75) is 45.6 Å². The molecule has 1 aromatic heterocycles. The fourth-order valence-corrected chi connectivity index (χ4v) is 4.07. The molecule has 0 radical (unpaired) electrons. The van der Waals surface area contributed by atoms with Crippen LogP contribution in [-0.2, 0) is 17.8 Å². The molecule has 0 saturated carbocycles. The van der Waals surface area contributed by atoms with Crippen molar-refractivity contribution >= 4 is 22.5 Å². The van der Waals surface area contributed by atoms with Crippen molar-refractivity contribution < 1.29 is 4.79 Å². The predicted molar refractivity (Wildman–Crippen MR) is 124 cm³/mol. The summed E-state index contributed by atoms with van der Waals surface area (Å²) >= 11 is 0. The molecule has 31 heavy (non-hydrogen) atoms. The number of amides is 1. The van der Waals surface area contributed by atoms with E-state index in [1.54, 1.807) is 6.07 Å². The summed E-state index contributed by atoms with van der Waals surface area (Å²) in [5, 5.41) is 3.55. The van der Waals surface area contributed by atoms with E-state index in [2.05, 4.69) is 39.2 Å². The van der Waals surface area contributed by atoms with Crippen molar-refractivity contribution in [3.63, 3.8) is 0 Å². The van der Waals surface area contributed by atoms with Crippen LogP contribution in [0.1, 0.15) is 44.0 Å². The number of piperidine rings is 1. The molecule has 1 saturated heterocycles. The lowest BCUT2D eigenvalue weighted by Crippen LogP contribution is -2.32. The standard InChI is InChI=1S/C25H30N4O2/c1-18-13-15-29(16-14-18)17-19-9-11-20(12-10-19)26-24(30)8-4-7-23-27-22-6-3-2-5-21(22)25(31)28-23/h2-3,5-6,9-12,18H,4,7-8,13-17H2,1H3,(H,26,30)(H,27,28,31). The molecule has 0 atom stereocenters. The summed E-state index contributed by atoms with van der Waals surface area (Å²) in [4.78, 5) is 34.2. The summed E-state index contributed by atoms with van der Waals surface area (Å²) < 4.78 is 0. The minimum absolute atomic E-state index is 0.0269. The molecule has 1 amide bonds. The number of benzene rings is 2. The lowest BCUT2D eigenvalue weighted by Gasteiger charge is -2.30. The van der Waals surface area contributed by atoms with Gasteiger partial charge in [0.1, 0.15) is 5.82 Å². The van der Waals surface area contributed by atoms with Gasteiger partial charge >= 0.3 is 0 Å². The lowest BCUT2D eigenvalue weighted by molar-refractivity contribution is -0.116. The van der Waals surface area contributed by atoms with E-state index < -0.39 is 0 Å². The number of likely N-dealkylation sites (tertiary alicyclic amines) is 1. The Labute approximate surface area is 182 Å². The Balaban J connectivity index is 1.24. The number of rotatable bonds is 7. The first-order valence-corrected chi connectivity index (χ1v) is 11.2. The molecule has 6 heteroatoms. The molecular formula is C25H30N4O2. The molecule has 2 N–H and O–H groups in total. The van der Waals surface area contributed by atoms with Crippen LogP contribution < -0.4 is 10.9 Å². The van der Waals surface area contributed by atoms with E-state index >= 15 is 0 Å². The topological polar surface area (TPSA) is 78.1 Å². The second-order valence-electron chi connectivity index (χ2n) is 8.59. The average Bonchev–Trinajstić information content (AvgIpc) is 2.77. The molecule has 0 spiro atoms. The zero-order chi connectivity index (χ0) is 21.6. The summed E-state index contributed by atoms with van der Waals surface area (Å²) in [5.74, 6) is 1.43. The maximum atomic E-state index is 12.3. The van der Waals surface area contributed by atoms with Crippen molar-refractivity contribution in [2.75, 3.05) is 18.4 Å². The molecule has 1 aliphatic heterocycles. The third kappa shape index (κ3) is 5.79. The van der Waals surface area contributed by atoms with Crippen LogP contribution in [0.25, 0.3) is 10.9 Å². The molecule has 6 nitrogen and oxygen atoms in total. The van der Waals surface area contributed by atoms with Crippen molar-refractivity contribution in [1.82, 2.24) is 14.9 Å². The van der Waals surface area contributed by atoms with Gasteiger partial charge in [-0.15, -0.1) is 0 Å². The number of hydrogen-bond acceptors (Lipinski definition) is 4. The van der Waals surface area contributed by atoms with Gasteiger partial charge in [0, 0.05) is 25.1 Å². The number of carbonyl (C=O) groups excluding carboxylic acids is 1. The Morgan fingerprint density at radius 1 is 1.13 bits per heavy atom. The van der Waals surface area contributed by atoms with E-state index in [0.29, 0.717) is 36.0 Å². The highest BCUT2D eigenvalue weighted by molar-refractivity contribution is 5.90. The smallest absolute Gasteiger partial charge is 0.258 e. The van der Waals surface area contributed by atoms with E-state index in [9.17, 15) is 9.59 Å². The van der Waals surface area contributed by atoms with Crippen LogP contribution in [-0.4, -0.2) is 33.9 Å². The Kier molecular flexibility index (Phi) is 6.77. The molecule has 0 unspecified atom stereocenters. The van der Waals surface area contributed by atoms with Crippen molar-refractivity contribution in [2.24, 2.45) is 5.92 Å². The Hall–Kier alpha value is -2.99. The van der Waals surface area contributed by atoms with Gasteiger partial charge in [-0.25, -0.2) is 4.98 Å². The van der Waals surface area contributed by atoms with Gasteiger partial charge in [-0.1, -0.05) is 31.2 Å². The van der Waals surface area contributed by atoms with E-state index in [1.807, 2.05) is 30.3 Å². The van der Waals surface area contributed by atoms with Crippen molar-refractivity contribution in [1.29, 1.82) is 0 Å². The number of para-hydroxylation sites is 1. The molecule has 2 heterocycles. The largest absolute Gasteiger partial charge is 0.326 e. The van der Waals surface area contributed by atoms with Crippen LogP contribution in [0.2, 0.25) is 0 Å². The molecule has 4 rings (SSSR count). The third-order valence-electron chi connectivity index (χ3n) is 6.00. The van der Waals surface area contributed by atoms with Gasteiger partial charge in [-0.3, -0.25) is 14.5 Å². The number of aryl methyl sites for hydroxylation is 1. The zero-order valence-corrected chi connectivity index (χ0v) is 18.1. The maximum absolute atomic E-state index is 12.3. The zero-order valence-electron chi connectivity index (χ0n) is 18.1. The number of hydrogen-bond donors (Lipinski definition) is 2. The first kappa shape index (κ1) is 21.2. The van der Waals surface area contributed by atoms with Gasteiger partial charge in [-0.05, 0) is 68.1 Å². The summed E-state index contributed by atoms with van der Waals surface area (Å²) in [6, 6.07) is 15.4. The van der Waals surface area contributed by atoms with Gasteiger partial charge in [0.2, 0.25) is 5.91 Å². The molecule has 0 aliphatic carbocycles. The Morgan fingerprint density at radius 3 is 2.65 bits per heavy atom. The second kappa shape index (κ2) is 9.88. The summed E-state index contributed by atoms with van der Waals surface area (Å²) in [6.07, 6.45) is 4.11. The van der Waals surface area contributed by atoms with Gasteiger partial charge < -0.3 is 10.3 Å². The number of nitrogens with zero attached hydrogens (tertiary/aromatic N) is 2. The van der Waals surface area contributed by atoms with Gasteiger partial charge in [0.05, 0.1) is 10.9 Å². The van der Waals surface area contributed by atoms with E-state index in [1.165, 1.54) is 18.4 Å². The highest BCUT2D eigenvalue weighted by atomic mass is 16.1. The molecule has 3 aromatic rings. The third-order valence-corrected chi connectivity index (χ3v) is 6.00. The second-order valence-corrected chi connectivity index (χ2v) is 8.59. The van der Waals surface area contributed by atoms with E-state index in [0.717, 1.165) is 31.2 Å². The number of aromatic nitrogens is 2. The van der Waals surface area contributed by atoms with Gasteiger partial charge in [0.25, 0.3) is 5.56 Å². The normalized spacial score (nSPS) is 15.3. The van der Waals surface area contributed by atoms with Crippen LogP contribution in [0.5, 0.6) is 0 Å². The van der Waals surface area contributed by atoms with Crippen molar-refractivity contribution in [3.8, 4) is 0 Å². The van der Waals surface area contributed by atoms with Gasteiger partial charge in [0.15, 0.2) is 0 Å². The number of carbonyl (C=O) groups is 1. The van der Waals surface area contributed by atoms with Crippen molar-refractivity contribution in [3.05, 3.63) is 70.3 Å². The van der Waals surface area contributed by atoms with Crippen LogP contribution in [0, 0.1) is 5.92 Å². The van der Waals surface area contributed by atoms with Crippen LogP contribution >= 0.6 is 0 Å². The molecule has 162 valence electrons. The first-order valence-electron chi connectivity index (χ1n) is 11.2. The molecule has 0 bridgehead atoms. The SMILES string of the molecule is CC1CCN(Cc2ccc(NC(=O)CCCc3nc4ccccc4c(=O)[nH]3)cc2)CC1.